The molecule has 0 aliphatic carbocycles. The van der Waals surface area contributed by atoms with Crippen molar-refractivity contribution < 1.29 is 14.3 Å². The Bertz CT molecular complexity index is 622. The van der Waals surface area contributed by atoms with Gasteiger partial charge in [-0.2, -0.15) is 0 Å². The molecule has 0 saturated carbocycles. The second kappa shape index (κ2) is 6.28. The third-order valence-corrected chi connectivity index (χ3v) is 3.23. The van der Waals surface area contributed by atoms with Crippen molar-refractivity contribution in [3.05, 3.63) is 35.9 Å². The molecule has 0 fully saturated rings. The van der Waals surface area contributed by atoms with Crippen LogP contribution >= 0.6 is 0 Å². The lowest BCUT2D eigenvalue weighted by Crippen LogP contribution is -2.22. The molecule has 0 saturated heterocycles. The van der Waals surface area contributed by atoms with E-state index in [1.165, 1.54) is 6.92 Å². The normalized spacial score (nSPS) is 10.3. The molecule has 106 valence electrons. The van der Waals surface area contributed by atoms with Crippen LogP contribution in [0.15, 0.2) is 30.3 Å². The van der Waals surface area contributed by atoms with E-state index in [0.717, 1.165) is 27.8 Å². The van der Waals surface area contributed by atoms with Gasteiger partial charge >= 0.3 is 0 Å². The van der Waals surface area contributed by atoms with E-state index in [2.05, 4.69) is 5.32 Å². The van der Waals surface area contributed by atoms with E-state index in [-0.39, 0.29) is 5.91 Å². The maximum atomic E-state index is 11.0. The molecule has 0 spiro atoms. The summed E-state index contributed by atoms with van der Waals surface area (Å²) in [7, 11) is 3.32. The van der Waals surface area contributed by atoms with Crippen molar-refractivity contribution in [1.29, 1.82) is 0 Å². The minimum atomic E-state index is -0.0308. The summed E-state index contributed by atoms with van der Waals surface area (Å²) in [6.45, 7) is 2.09. The van der Waals surface area contributed by atoms with Crippen molar-refractivity contribution in [3.63, 3.8) is 0 Å². The summed E-state index contributed by atoms with van der Waals surface area (Å²) in [5.41, 5.74) is 1.02. The minimum Gasteiger partial charge on any atom is -0.496 e. The maximum Gasteiger partial charge on any atom is 0.216 e. The number of carbonyl (C=O) groups is 1. The monoisotopic (exact) mass is 273 g/mol. The van der Waals surface area contributed by atoms with E-state index in [0.29, 0.717) is 13.0 Å². The fraction of sp³-hybridized carbons (Fsp3) is 0.312. The van der Waals surface area contributed by atoms with Crippen molar-refractivity contribution in [2.45, 2.75) is 13.3 Å². The number of carbonyl (C=O) groups excluding carboxylic acids is 1. The van der Waals surface area contributed by atoms with Gasteiger partial charge in [-0.25, -0.2) is 0 Å². The van der Waals surface area contributed by atoms with Crippen molar-refractivity contribution in [2.24, 2.45) is 0 Å². The van der Waals surface area contributed by atoms with E-state index in [9.17, 15) is 4.79 Å². The van der Waals surface area contributed by atoms with Crippen LogP contribution in [0.4, 0.5) is 0 Å². The van der Waals surface area contributed by atoms with Gasteiger partial charge < -0.3 is 14.8 Å². The number of hydrogen-bond acceptors (Lipinski definition) is 3. The molecule has 0 radical (unpaired) electrons. The van der Waals surface area contributed by atoms with Gasteiger partial charge in [-0.15, -0.1) is 0 Å². The van der Waals surface area contributed by atoms with E-state index >= 15 is 0 Å². The molecule has 2 aromatic carbocycles. The number of benzene rings is 2. The maximum absolute atomic E-state index is 11.0. The van der Waals surface area contributed by atoms with E-state index in [1.54, 1.807) is 14.2 Å². The van der Waals surface area contributed by atoms with E-state index in [1.807, 2.05) is 30.3 Å². The average Bonchev–Trinajstić information content (AvgIpc) is 2.45. The summed E-state index contributed by atoms with van der Waals surface area (Å²) >= 11 is 0. The first-order valence-electron chi connectivity index (χ1n) is 6.54. The Labute approximate surface area is 118 Å². The third kappa shape index (κ3) is 2.85. The molecule has 0 aliphatic rings. The summed E-state index contributed by atoms with van der Waals surface area (Å²) in [6.07, 6.45) is 0.698. The lowest BCUT2D eigenvalue weighted by atomic mass is 10.0. The molecule has 1 amide bonds. The fourth-order valence-electron chi connectivity index (χ4n) is 2.34. The highest BCUT2D eigenvalue weighted by molar-refractivity contribution is 5.94. The molecule has 0 heterocycles. The first-order valence-corrected chi connectivity index (χ1v) is 6.54. The highest BCUT2D eigenvalue weighted by Crippen LogP contribution is 2.36. The van der Waals surface area contributed by atoms with Crippen LogP contribution in [0.1, 0.15) is 12.5 Å². The van der Waals surface area contributed by atoms with Crippen molar-refractivity contribution in [3.8, 4) is 11.5 Å². The van der Waals surface area contributed by atoms with Crippen LogP contribution in [0.25, 0.3) is 10.8 Å². The van der Waals surface area contributed by atoms with Crippen LogP contribution in [0.5, 0.6) is 11.5 Å². The van der Waals surface area contributed by atoms with Gasteiger partial charge in [-0.05, 0) is 12.5 Å². The number of methoxy groups -OCH3 is 2. The molecular weight excluding hydrogens is 254 g/mol. The number of fused-ring (bicyclic) bond motifs is 1. The van der Waals surface area contributed by atoms with E-state index < -0.39 is 0 Å². The zero-order chi connectivity index (χ0) is 14.5. The van der Waals surface area contributed by atoms with Crippen molar-refractivity contribution >= 4 is 16.7 Å². The molecule has 4 heteroatoms. The van der Waals surface area contributed by atoms with Crippen LogP contribution < -0.4 is 14.8 Å². The van der Waals surface area contributed by atoms with Crippen LogP contribution in [0, 0.1) is 0 Å². The van der Waals surface area contributed by atoms with Gasteiger partial charge in [-0.1, -0.05) is 24.3 Å². The predicted molar refractivity (Wildman–Crippen MR) is 79.4 cm³/mol. The number of nitrogens with one attached hydrogen (secondary N) is 1. The molecule has 1 N–H and O–H groups in total. The first-order chi connectivity index (χ1) is 9.67. The Hall–Kier alpha value is -2.23. The van der Waals surface area contributed by atoms with Crippen LogP contribution in [-0.4, -0.2) is 26.7 Å². The van der Waals surface area contributed by atoms with Gasteiger partial charge in [0, 0.05) is 29.8 Å². The second-order valence-corrected chi connectivity index (χ2v) is 4.55. The molecule has 0 aliphatic heterocycles. The molecule has 4 nitrogen and oxygen atoms in total. The molecule has 0 unspecified atom stereocenters. The highest BCUT2D eigenvalue weighted by atomic mass is 16.5. The van der Waals surface area contributed by atoms with Gasteiger partial charge in [0.2, 0.25) is 5.91 Å². The summed E-state index contributed by atoms with van der Waals surface area (Å²) in [4.78, 5) is 11.0. The quantitative estimate of drug-likeness (QED) is 0.910. The second-order valence-electron chi connectivity index (χ2n) is 4.55. The Morgan fingerprint density at radius 1 is 1.15 bits per heavy atom. The van der Waals surface area contributed by atoms with Crippen LogP contribution in [-0.2, 0) is 11.2 Å². The van der Waals surface area contributed by atoms with Crippen LogP contribution in [0.2, 0.25) is 0 Å². The highest BCUT2D eigenvalue weighted by Gasteiger charge is 2.12. The Morgan fingerprint density at radius 3 is 2.45 bits per heavy atom. The molecule has 2 rings (SSSR count). The molecular formula is C16H19NO3. The van der Waals surface area contributed by atoms with Gasteiger partial charge in [0.05, 0.1) is 14.2 Å². The summed E-state index contributed by atoms with van der Waals surface area (Å²) in [5, 5.41) is 4.84. The molecule has 0 aromatic heterocycles. The molecule has 2 aromatic rings. The number of hydrogen-bond donors (Lipinski definition) is 1. The van der Waals surface area contributed by atoms with Crippen molar-refractivity contribution in [2.75, 3.05) is 20.8 Å². The largest absolute Gasteiger partial charge is 0.496 e. The zero-order valence-corrected chi connectivity index (χ0v) is 12.0. The fourth-order valence-corrected chi connectivity index (χ4v) is 2.34. The SMILES string of the molecule is COc1cc(CCNC(C)=O)c(OC)c2ccccc12. The van der Waals surface area contributed by atoms with Crippen LogP contribution in [0.3, 0.4) is 0 Å². The minimum absolute atomic E-state index is 0.0308. The van der Waals surface area contributed by atoms with Gasteiger partial charge in [-0.3, -0.25) is 4.79 Å². The smallest absolute Gasteiger partial charge is 0.216 e. The predicted octanol–water partition coefficient (Wildman–Crippen LogP) is 2.54. The number of amides is 1. The van der Waals surface area contributed by atoms with Gasteiger partial charge in [0.25, 0.3) is 0 Å². The van der Waals surface area contributed by atoms with Gasteiger partial charge in [0.1, 0.15) is 11.5 Å². The van der Waals surface area contributed by atoms with E-state index in [4.69, 9.17) is 9.47 Å². The summed E-state index contributed by atoms with van der Waals surface area (Å²) in [6, 6.07) is 9.94. The number of ether oxygens (including phenoxy) is 2. The number of rotatable bonds is 5. The standard InChI is InChI=1S/C16H19NO3/c1-11(18)17-9-8-12-10-15(19-2)13-6-4-5-7-14(13)16(12)20-3/h4-7,10H,8-9H2,1-3H3,(H,17,18). The van der Waals surface area contributed by atoms with Gasteiger partial charge in [0.15, 0.2) is 0 Å². The third-order valence-electron chi connectivity index (χ3n) is 3.23. The Morgan fingerprint density at radius 2 is 1.85 bits per heavy atom. The van der Waals surface area contributed by atoms with Crippen molar-refractivity contribution in [1.82, 2.24) is 5.32 Å². The lowest BCUT2D eigenvalue weighted by Gasteiger charge is -2.15. The zero-order valence-electron chi connectivity index (χ0n) is 12.0. The molecule has 0 bridgehead atoms. The Kier molecular flexibility index (Phi) is 4.45. The average molecular weight is 273 g/mol. The molecule has 20 heavy (non-hydrogen) atoms. The summed E-state index contributed by atoms with van der Waals surface area (Å²) in [5.74, 6) is 1.63. The first kappa shape index (κ1) is 14.2. The lowest BCUT2D eigenvalue weighted by molar-refractivity contribution is -0.118. The Balaban J connectivity index is 2.44. The molecule has 0 atom stereocenters. The summed E-state index contributed by atoms with van der Waals surface area (Å²) < 4.78 is 11.0. The topological polar surface area (TPSA) is 47.6 Å².